The summed E-state index contributed by atoms with van der Waals surface area (Å²) >= 11 is 1.57. The maximum Gasteiger partial charge on any atom is 0.490 e. The average molecular weight is 667 g/mol. The Balaban J connectivity index is 0.000000738. The van der Waals surface area contributed by atoms with Crippen molar-refractivity contribution in [3.8, 4) is 16.5 Å². The maximum atomic E-state index is 13.8. The van der Waals surface area contributed by atoms with Crippen LogP contribution < -0.4 is 16.0 Å². The largest absolute Gasteiger partial charge is 0.490 e. The molecule has 3 amide bonds. The first-order valence-electron chi connectivity index (χ1n) is 14.4. The number of nitriles is 1. The van der Waals surface area contributed by atoms with Crippen LogP contribution in [0.2, 0.25) is 0 Å². The molecule has 16 heteroatoms. The fourth-order valence-electron chi connectivity index (χ4n) is 5.08. The van der Waals surface area contributed by atoms with Gasteiger partial charge in [0.15, 0.2) is 0 Å². The van der Waals surface area contributed by atoms with E-state index in [9.17, 15) is 37.9 Å². The molecule has 2 aliphatic heterocycles. The van der Waals surface area contributed by atoms with E-state index in [0.29, 0.717) is 13.0 Å². The number of amides is 3. The normalized spacial score (nSPS) is 21.8. The third-order valence-corrected chi connectivity index (χ3v) is 8.71. The number of aliphatic carboxylic acids is 1. The molecule has 0 spiro atoms. The van der Waals surface area contributed by atoms with Crippen LogP contribution in [0.25, 0.3) is 10.4 Å². The van der Waals surface area contributed by atoms with Gasteiger partial charge in [0.25, 0.3) is 0 Å². The number of aliphatic hydroxyl groups is 1. The van der Waals surface area contributed by atoms with Crippen molar-refractivity contribution in [3.05, 3.63) is 41.0 Å². The summed E-state index contributed by atoms with van der Waals surface area (Å²) in [7, 11) is 0. The van der Waals surface area contributed by atoms with Gasteiger partial charge in [-0.1, -0.05) is 45.0 Å². The molecule has 5 N–H and O–H groups in total. The summed E-state index contributed by atoms with van der Waals surface area (Å²) in [5, 5.41) is 36.0. The highest BCUT2D eigenvalue weighted by atomic mass is 32.1. The number of nitrogens with one attached hydrogen (secondary N) is 3. The van der Waals surface area contributed by atoms with E-state index in [1.54, 1.807) is 11.3 Å². The van der Waals surface area contributed by atoms with Crippen molar-refractivity contribution >= 4 is 35.0 Å². The second-order valence-electron chi connectivity index (χ2n) is 12.3. The van der Waals surface area contributed by atoms with Crippen molar-refractivity contribution in [2.75, 3.05) is 19.6 Å². The van der Waals surface area contributed by atoms with Crippen molar-refractivity contribution in [3.63, 3.8) is 0 Å². The predicted molar refractivity (Wildman–Crippen MR) is 161 cm³/mol. The lowest BCUT2D eigenvalue weighted by Gasteiger charge is -2.36. The molecular weight excluding hydrogens is 629 g/mol. The number of carboxylic acid groups (broad SMARTS) is 1. The van der Waals surface area contributed by atoms with E-state index in [1.165, 1.54) is 4.90 Å². The molecule has 0 saturated carbocycles. The fourth-order valence-corrected chi connectivity index (χ4v) is 5.89. The van der Waals surface area contributed by atoms with Crippen LogP contribution in [0.5, 0.6) is 0 Å². The molecule has 0 aliphatic carbocycles. The summed E-state index contributed by atoms with van der Waals surface area (Å²) < 4.78 is 31.7. The number of thiazole rings is 1. The number of carboxylic acids is 1. The van der Waals surface area contributed by atoms with Crippen LogP contribution in [0.4, 0.5) is 13.2 Å². The quantitative estimate of drug-likeness (QED) is 0.296. The molecule has 3 heterocycles. The lowest BCUT2D eigenvalue weighted by Crippen LogP contribution is -2.59. The number of hydrogen-bond donors (Lipinski definition) is 5. The molecule has 2 fully saturated rings. The minimum atomic E-state index is -5.08. The molecule has 1 aromatic carbocycles. The van der Waals surface area contributed by atoms with Gasteiger partial charge in [-0.25, -0.2) is 9.78 Å². The van der Waals surface area contributed by atoms with Gasteiger partial charge in [0.05, 0.1) is 28.3 Å². The molecule has 1 unspecified atom stereocenters. The first-order chi connectivity index (χ1) is 21.4. The summed E-state index contributed by atoms with van der Waals surface area (Å²) in [5.41, 5.74) is 2.81. The highest BCUT2D eigenvalue weighted by Crippen LogP contribution is 2.30. The standard InChI is InChI=1S/C28H36N6O4S.C2HF3O2/c1-17-22(39-16-32-17)19-7-5-18(6-8-19)12-31-24(36)21-11-20(35)13-34(21)25(37)23(27(2,3)4)33-26(38)28(14-29)9-10-30-15-28;3-2(4,5)1(6)7/h5-8,16,20-21,23,30,35H,9-13,15H2,1-4H3,(H,31,36)(H,33,38);(H,6,7)/t20-,21+,23+,28?;/m1./s1. The number of carbonyl (C=O) groups is 4. The van der Waals surface area contributed by atoms with E-state index < -0.39 is 53.0 Å². The minimum Gasteiger partial charge on any atom is -0.475 e. The first-order valence-corrected chi connectivity index (χ1v) is 15.3. The zero-order chi connectivity index (χ0) is 34.4. The molecule has 2 saturated heterocycles. The summed E-state index contributed by atoms with van der Waals surface area (Å²) in [6, 6.07) is 8.13. The fraction of sp³-hybridized carbons (Fsp3) is 0.533. The summed E-state index contributed by atoms with van der Waals surface area (Å²) in [6.07, 6.45) is -5.47. The monoisotopic (exact) mass is 666 g/mol. The summed E-state index contributed by atoms with van der Waals surface area (Å²) in [4.78, 5) is 55.8. The van der Waals surface area contributed by atoms with Crippen molar-refractivity contribution in [1.82, 2.24) is 25.8 Å². The van der Waals surface area contributed by atoms with Crippen LogP contribution >= 0.6 is 11.3 Å². The van der Waals surface area contributed by atoms with E-state index >= 15 is 0 Å². The molecule has 2 aliphatic rings. The number of likely N-dealkylation sites (tertiary alicyclic amines) is 1. The average Bonchev–Trinajstić information content (AvgIpc) is 3.74. The highest BCUT2D eigenvalue weighted by molar-refractivity contribution is 7.13. The van der Waals surface area contributed by atoms with Gasteiger partial charge >= 0.3 is 12.1 Å². The molecule has 4 rings (SSSR count). The molecule has 250 valence electrons. The SMILES string of the molecule is Cc1ncsc1-c1ccc(CNC(=O)[C@@H]2C[C@@H](O)CN2C(=O)[C@H](NC(=O)C2(C#N)CCNC2)C(C)(C)C)cc1.O=C(O)C(F)(F)F. The summed E-state index contributed by atoms with van der Waals surface area (Å²) in [5.74, 6) is -4.07. The number of aromatic nitrogens is 1. The Labute approximate surface area is 268 Å². The minimum absolute atomic E-state index is 0.00673. The van der Waals surface area contributed by atoms with Gasteiger partial charge < -0.3 is 31.1 Å². The lowest BCUT2D eigenvalue weighted by atomic mass is 9.82. The number of aliphatic hydroxyl groups excluding tert-OH is 1. The Morgan fingerprint density at radius 1 is 1.22 bits per heavy atom. The molecular formula is C30H37F3N6O6S. The number of rotatable bonds is 7. The third-order valence-electron chi connectivity index (χ3n) is 7.73. The van der Waals surface area contributed by atoms with Gasteiger partial charge in [-0.3, -0.25) is 14.4 Å². The number of hydrogen-bond acceptors (Lipinski definition) is 9. The third kappa shape index (κ3) is 8.80. The van der Waals surface area contributed by atoms with Gasteiger partial charge in [0.1, 0.15) is 17.5 Å². The Bertz CT molecular complexity index is 1460. The van der Waals surface area contributed by atoms with E-state index in [2.05, 4.69) is 27.0 Å². The molecule has 4 atom stereocenters. The van der Waals surface area contributed by atoms with Crippen molar-refractivity contribution in [2.24, 2.45) is 10.8 Å². The second-order valence-corrected chi connectivity index (χ2v) is 13.1. The van der Waals surface area contributed by atoms with E-state index in [0.717, 1.165) is 21.7 Å². The molecule has 1 aromatic heterocycles. The van der Waals surface area contributed by atoms with Crippen LogP contribution in [0.3, 0.4) is 0 Å². The van der Waals surface area contributed by atoms with Gasteiger partial charge in [-0.15, -0.1) is 11.3 Å². The van der Waals surface area contributed by atoms with E-state index in [4.69, 9.17) is 9.90 Å². The lowest BCUT2D eigenvalue weighted by molar-refractivity contribution is -0.192. The highest BCUT2D eigenvalue weighted by Gasteiger charge is 2.48. The summed E-state index contributed by atoms with van der Waals surface area (Å²) in [6.45, 7) is 8.45. The van der Waals surface area contributed by atoms with Crippen LogP contribution in [-0.4, -0.2) is 87.8 Å². The van der Waals surface area contributed by atoms with Gasteiger partial charge in [-0.2, -0.15) is 18.4 Å². The number of β-amino-alcohol motifs (C(OH)–C–C–N with tert-alkyl or cyclic N) is 1. The van der Waals surface area contributed by atoms with Crippen LogP contribution in [-0.2, 0) is 25.7 Å². The number of carbonyl (C=O) groups excluding carboxylic acids is 3. The Morgan fingerprint density at radius 3 is 2.33 bits per heavy atom. The van der Waals surface area contributed by atoms with Crippen LogP contribution in [0, 0.1) is 29.1 Å². The Kier molecular flexibility index (Phi) is 11.5. The number of aryl methyl sites for hydroxylation is 1. The molecule has 2 aromatic rings. The van der Waals surface area contributed by atoms with Crippen molar-refractivity contribution in [1.29, 1.82) is 5.26 Å². The smallest absolute Gasteiger partial charge is 0.475 e. The maximum absolute atomic E-state index is 13.8. The van der Waals surface area contributed by atoms with Crippen LogP contribution in [0.1, 0.15) is 44.9 Å². The zero-order valence-electron chi connectivity index (χ0n) is 25.8. The van der Waals surface area contributed by atoms with Crippen molar-refractivity contribution < 1.29 is 42.6 Å². The second kappa shape index (κ2) is 14.6. The Hall–Kier alpha value is -4.07. The molecule has 12 nitrogen and oxygen atoms in total. The molecule has 0 radical (unpaired) electrons. The van der Waals surface area contributed by atoms with Gasteiger partial charge in [-0.05, 0) is 36.4 Å². The number of halogens is 3. The number of benzene rings is 1. The van der Waals surface area contributed by atoms with Gasteiger partial charge in [0, 0.05) is 26.1 Å². The van der Waals surface area contributed by atoms with Crippen molar-refractivity contribution in [2.45, 2.75) is 71.4 Å². The van der Waals surface area contributed by atoms with Crippen LogP contribution in [0.15, 0.2) is 29.8 Å². The number of nitrogens with zero attached hydrogens (tertiary/aromatic N) is 3. The van der Waals surface area contributed by atoms with Gasteiger partial charge in [0.2, 0.25) is 17.7 Å². The molecule has 46 heavy (non-hydrogen) atoms. The topological polar surface area (TPSA) is 185 Å². The number of alkyl halides is 3. The van der Waals surface area contributed by atoms with E-state index in [1.807, 2.05) is 57.5 Å². The zero-order valence-corrected chi connectivity index (χ0v) is 26.6. The van der Waals surface area contributed by atoms with E-state index in [-0.39, 0.29) is 32.0 Å². The first kappa shape index (κ1) is 36.4. The molecule has 0 bridgehead atoms. The Morgan fingerprint density at radius 2 is 1.85 bits per heavy atom. The predicted octanol–water partition coefficient (Wildman–Crippen LogP) is 2.36.